The third-order valence-electron chi connectivity index (χ3n) is 2.29. The van der Waals surface area contributed by atoms with Crippen molar-refractivity contribution in [2.45, 2.75) is 19.8 Å². The first-order chi connectivity index (χ1) is 8.51. The molecule has 0 aliphatic rings. The zero-order valence-electron chi connectivity index (χ0n) is 10.1. The Morgan fingerprint density at radius 3 is 2.72 bits per heavy atom. The largest absolute Gasteiger partial charge is 0.495 e. The minimum atomic E-state index is -2.81. The molecule has 0 radical (unpaired) electrons. The number of rotatable bonds is 5. The second kappa shape index (κ2) is 6.13. The normalized spacial score (nSPS) is 10.5. The number of carbonyl (C=O) groups excluding carboxylic acids is 1. The van der Waals surface area contributed by atoms with E-state index in [1.165, 1.54) is 7.11 Å². The molecular weight excluding hydrogens is 246 g/mol. The summed E-state index contributed by atoms with van der Waals surface area (Å²) in [5, 5.41) is 0. The summed E-state index contributed by atoms with van der Waals surface area (Å²) in [7, 11) is 1.24. The molecule has 1 aromatic heterocycles. The van der Waals surface area contributed by atoms with E-state index in [1.54, 1.807) is 6.92 Å². The molecule has 0 aliphatic heterocycles. The van der Waals surface area contributed by atoms with Crippen molar-refractivity contribution < 1.29 is 23.0 Å². The van der Waals surface area contributed by atoms with Gasteiger partial charge in [0.2, 0.25) is 0 Å². The fraction of sp³-hybridized carbons (Fsp3) is 0.455. The molecular formula is C11H14F2N2O3. The smallest absolute Gasteiger partial charge is 0.310 e. The van der Waals surface area contributed by atoms with Crippen LogP contribution in [-0.4, -0.2) is 24.7 Å². The summed E-state index contributed by atoms with van der Waals surface area (Å²) in [6.07, 6.45) is -2.07. The number of methoxy groups -OCH3 is 1. The van der Waals surface area contributed by atoms with Gasteiger partial charge in [0.25, 0.3) is 6.43 Å². The molecule has 0 unspecified atom stereocenters. The molecule has 1 heterocycles. The van der Waals surface area contributed by atoms with Crippen molar-refractivity contribution >= 4 is 11.8 Å². The van der Waals surface area contributed by atoms with Gasteiger partial charge in [0.1, 0.15) is 11.6 Å². The maximum atomic E-state index is 13.0. The second-order valence-corrected chi connectivity index (χ2v) is 3.39. The highest BCUT2D eigenvalue weighted by Crippen LogP contribution is 2.34. The number of nitrogen functional groups attached to an aromatic ring is 1. The van der Waals surface area contributed by atoms with Crippen LogP contribution in [0.2, 0.25) is 0 Å². The molecule has 0 saturated heterocycles. The second-order valence-electron chi connectivity index (χ2n) is 3.39. The van der Waals surface area contributed by atoms with Crippen LogP contribution in [0.5, 0.6) is 5.75 Å². The van der Waals surface area contributed by atoms with Gasteiger partial charge in [-0.25, -0.2) is 13.8 Å². The van der Waals surface area contributed by atoms with Crippen LogP contribution in [0, 0.1) is 0 Å². The topological polar surface area (TPSA) is 74.4 Å². The number of carbonyl (C=O) groups is 1. The molecule has 1 aromatic rings. The highest BCUT2D eigenvalue weighted by Gasteiger charge is 2.24. The Balaban J connectivity index is 3.18. The third kappa shape index (κ3) is 3.06. The molecule has 0 aliphatic carbocycles. The number of hydrogen-bond donors (Lipinski definition) is 1. The summed E-state index contributed by atoms with van der Waals surface area (Å²) in [5.41, 5.74) is 5.05. The van der Waals surface area contributed by atoms with Crippen molar-refractivity contribution in [3.63, 3.8) is 0 Å². The van der Waals surface area contributed by atoms with Crippen molar-refractivity contribution in [3.8, 4) is 5.75 Å². The monoisotopic (exact) mass is 260 g/mol. The Bertz CT molecular complexity index is 439. The molecule has 0 atom stereocenters. The molecule has 0 fully saturated rings. The molecule has 0 aromatic carbocycles. The van der Waals surface area contributed by atoms with E-state index in [2.05, 4.69) is 4.98 Å². The van der Waals surface area contributed by atoms with Crippen LogP contribution in [-0.2, 0) is 16.0 Å². The van der Waals surface area contributed by atoms with Crippen LogP contribution >= 0.6 is 0 Å². The summed E-state index contributed by atoms with van der Waals surface area (Å²) in [6.45, 7) is 1.79. The van der Waals surface area contributed by atoms with Gasteiger partial charge in [0, 0.05) is 5.56 Å². The van der Waals surface area contributed by atoms with Crippen molar-refractivity contribution in [1.29, 1.82) is 0 Å². The number of alkyl halides is 2. The lowest BCUT2D eigenvalue weighted by molar-refractivity contribution is -0.142. The molecule has 0 amide bonds. The van der Waals surface area contributed by atoms with Crippen LogP contribution in [0.3, 0.4) is 0 Å². The van der Waals surface area contributed by atoms with E-state index in [0.29, 0.717) is 0 Å². The molecule has 0 saturated carbocycles. The molecule has 18 heavy (non-hydrogen) atoms. The van der Waals surface area contributed by atoms with Gasteiger partial charge in [0.05, 0.1) is 31.9 Å². The first-order valence-electron chi connectivity index (χ1n) is 5.26. The Morgan fingerprint density at radius 1 is 1.56 bits per heavy atom. The highest BCUT2D eigenvalue weighted by atomic mass is 19.3. The Hall–Kier alpha value is -1.92. The summed E-state index contributed by atoms with van der Waals surface area (Å²) in [6, 6.07) is 0. The molecule has 0 bridgehead atoms. The van der Waals surface area contributed by atoms with Crippen LogP contribution < -0.4 is 10.5 Å². The van der Waals surface area contributed by atoms with Gasteiger partial charge in [-0.15, -0.1) is 0 Å². The lowest BCUT2D eigenvalue weighted by atomic mass is 10.1. The average molecular weight is 260 g/mol. The molecule has 1 rings (SSSR count). The highest BCUT2D eigenvalue weighted by molar-refractivity contribution is 5.75. The number of aromatic nitrogens is 1. The zero-order chi connectivity index (χ0) is 13.7. The summed E-state index contributed by atoms with van der Waals surface area (Å²) < 4.78 is 35.4. The summed E-state index contributed by atoms with van der Waals surface area (Å²) >= 11 is 0. The number of halogens is 2. The number of nitrogens with two attached hydrogens (primary N) is 1. The van der Waals surface area contributed by atoms with Crippen LogP contribution in [0.1, 0.15) is 24.5 Å². The van der Waals surface area contributed by atoms with Crippen LogP contribution in [0.25, 0.3) is 0 Å². The quantitative estimate of drug-likeness (QED) is 0.816. The zero-order valence-corrected chi connectivity index (χ0v) is 10.1. The molecule has 7 heteroatoms. The fourth-order valence-corrected chi connectivity index (χ4v) is 1.51. The van der Waals surface area contributed by atoms with Gasteiger partial charge in [0.15, 0.2) is 0 Å². The van der Waals surface area contributed by atoms with Crippen molar-refractivity contribution in [2.75, 3.05) is 19.5 Å². The standard InChI is InChI=1S/C11H14F2N2O3/c1-3-18-8(16)4-6-9(10(12)13)7(17-2)5-15-11(6)14/h5,10H,3-4H2,1-2H3,(H2,14,15). The number of ether oxygens (including phenoxy) is 2. The lowest BCUT2D eigenvalue weighted by Gasteiger charge is -2.14. The molecule has 2 N–H and O–H groups in total. The average Bonchev–Trinajstić information content (AvgIpc) is 2.31. The van der Waals surface area contributed by atoms with E-state index in [4.69, 9.17) is 15.2 Å². The first-order valence-corrected chi connectivity index (χ1v) is 5.26. The van der Waals surface area contributed by atoms with Crippen molar-refractivity contribution in [2.24, 2.45) is 0 Å². The number of esters is 1. The lowest BCUT2D eigenvalue weighted by Crippen LogP contribution is -2.13. The van der Waals surface area contributed by atoms with Crippen molar-refractivity contribution in [3.05, 3.63) is 17.3 Å². The van der Waals surface area contributed by atoms with E-state index < -0.39 is 18.0 Å². The molecule has 0 spiro atoms. The minimum absolute atomic E-state index is 0.0530. The fourth-order valence-electron chi connectivity index (χ4n) is 1.51. The molecule has 100 valence electrons. The van der Waals surface area contributed by atoms with E-state index in [-0.39, 0.29) is 30.2 Å². The predicted molar refractivity (Wildman–Crippen MR) is 60.5 cm³/mol. The number of nitrogens with zero attached hydrogens (tertiary/aromatic N) is 1. The van der Waals surface area contributed by atoms with Gasteiger partial charge in [-0.1, -0.05) is 0 Å². The summed E-state index contributed by atoms with van der Waals surface area (Å²) in [5.74, 6) is -0.862. The predicted octanol–water partition coefficient (Wildman–Crippen LogP) is 1.72. The van der Waals surface area contributed by atoms with Gasteiger partial charge >= 0.3 is 5.97 Å². The van der Waals surface area contributed by atoms with E-state index in [9.17, 15) is 13.6 Å². The van der Waals surface area contributed by atoms with Crippen LogP contribution in [0.15, 0.2) is 6.20 Å². The van der Waals surface area contributed by atoms with Gasteiger partial charge in [-0.05, 0) is 6.92 Å². The Labute approximate surface area is 103 Å². The first kappa shape index (κ1) is 14.1. The SMILES string of the molecule is CCOC(=O)Cc1c(N)ncc(OC)c1C(F)F. The number of hydrogen-bond acceptors (Lipinski definition) is 5. The number of anilines is 1. The Kier molecular flexibility index (Phi) is 4.82. The summed E-state index contributed by atoms with van der Waals surface area (Å²) in [4.78, 5) is 15.1. The Morgan fingerprint density at radius 2 is 2.22 bits per heavy atom. The van der Waals surface area contributed by atoms with E-state index in [1.807, 2.05) is 0 Å². The van der Waals surface area contributed by atoms with Crippen LogP contribution in [0.4, 0.5) is 14.6 Å². The maximum Gasteiger partial charge on any atom is 0.310 e. The van der Waals surface area contributed by atoms with Gasteiger partial charge in [-0.3, -0.25) is 4.79 Å². The van der Waals surface area contributed by atoms with Gasteiger partial charge in [-0.2, -0.15) is 0 Å². The molecule has 5 nitrogen and oxygen atoms in total. The van der Waals surface area contributed by atoms with E-state index in [0.717, 1.165) is 6.20 Å². The van der Waals surface area contributed by atoms with E-state index >= 15 is 0 Å². The minimum Gasteiger partial charge on any atom is -0.495 e. The number of pyridine rings is 1. The third-order valence-corrected chi connectivity index (χ3v) is 2.29. The maximum absolute atomic E-state index is 13.0. The van der Waals surface area contributed by atoms with Crippen molar-refractivity contribution in [1.82, 2.24) is 4.98 Å². The van der Waals surface area contributed by atoms with Gasteiger partial charge < -0.3 is 15.2 Å².